The highest BCUT2D eigenvalue weighted by Crippen LogP contribution is 2.50. The van der Waals surface area contributed by atoms with Crippen molar-refractivity contribution in [3.05, 3.63) is 127 Å². The van der Waals surface area contributed by atoms with Crippen LogP contribution in [-0.4, -0.2) is 80.8 Å². The first-order valence-electron chi connectivity index (χ1n) is 35.6. The van der Waals surface area contributed by atoms with Gasteiger partial charge in [-0.05, 0) is 185 Å². The Morgan fingerprint density at radius 2 is 0.853 bits per heavy atom. The number of hydrogen-bond donors (Lipinski definition) is 0. The smallest absolute Gasteiger partial charge is 0.234 e. The van der Waals surface area contributed by atoms with Crippen molar-refractivity contribution in [2.75, 3.05) is 4.90 Å². The monoisotopic (exact) mass is 1290 g/mol. The third-order valence-corrected chi connectivity index (χ3v) is 21.8. The summed E-state index contributed by atoms with van der Waals surface area (Å²) in [5.41, 5.74) is 5.95. The lowest BCUT2D eigenvalue weighted by molar-refractivity contribution is -0.157. The molecule has 5 atom stereocenters. The molecule has 0 aliphatic carbocycles. The lowest BCUT2D eigenvalue weighted by atomic mass is 9.61. The van der Waals surface area contributed by atoms with E-state index in [0.717, 1.165) is 80.7 Å². The van der Waals surface area contributed by atoms with Gasteiger partial charge in [-0.15, -0.1) is 0 Å². The molecule has 0 saturated carbocycles. The van der Waals surface area contributed by atoms with Crippen LogP contribution in [0, 0.1) is 35.5 Å². The Morgan fingerprint density at radius 3 is 1.26 bits per heavy atom. The largest absolute Gasteiger partial charge is 0.280 e. The molecule has 4 aliphatic heterocycles. The maximum absolute atomic E-state index is 14.9. The first-order valence-corrected chi connectivity index (χ1v) is 35.6. The summed E-state index contributed by atoms with van der Waals surface area (Å²) in [6.45, 7) is 26.4. The molecule has 5 unspecified atom stereocenters. The minimum Gasteiger partial charge on any atom is -0.280 e. The number of carbonyl (C=O) groups excluding carboxylic acids is 8. The second-order valence-electron chi connectivity index (χ2n) is 27.8. The van der Waals surface area contributed by atoms with Gasteiger partial charge in [-0.3, -0.25) is 58.0 Å². The summed E-state index contributed by atoms with van der Waals surface area (Å²) in [7, 11) is 0.692. The van der Waals surface area contributed by atoms with E-state index in [1.165, 1.54) is 14.7 Å². The molecule has 8 rings (SSSR count). The Hall–Kier alpha value is -7.82. The zero-order valence-electron chi connectivity index (χ0n) is 58.2. The van der Waals surface area contributed by atoms with Crippen molar-refractivity contribution in [1.29, 1.82) is 0 Å². The second kappa shape index (κ2) is 33.7. The Kier molecular flexibility index (Phi) is 25.9. The Bertz CT molecular complexity index is 3410. The third kappa shape index (κ3) is 17.4. The molecule has 0 bridgehead atoms. The number of anilines is 1. The van der Waals surface area contributed by atoms with E-state index in [1.807, 2.05) is 74.5 Å². The fraction of sp³-hybridized carbons (Fsp3) is 0.538. The minimum absolute atomic E-state index is 0.0200. The highest BCUT2D eigenvalue weighted by Gasteiger charge is 2.55. The number of piperidine rings is 2. The Labute approximate surface area is 565 Å². The fourth-order valence-corrected chi connectivity index (χ4v) is 15.9. The Balaban J connectivity index is 0.826. The summed E-state index contributed by atoms with van der Waals surface area (Å²) in [4.78, 5) is 116. The normalized spacial score (nSPS) is 20.6. The van der Waals surface area contributed by atoms with E-state index in [2.05, 4.69) is 87.3 Å². The maximum Gasteiger partial charge on any atom is 0.234 e. The maximum atomic E-state index is 14.9. The Morgan fingerprint density at radius 1 is 0.463 bits per heavy atom. The number of carbonyl (C=O) groups is 8. The topological polar surface area (TPSA) is 199 Å². The van der Waals surface area contributed by atoms with Gasteiger partial charge in [0.2, 0.25) is 47.3 Å². The minimum atomic E-state index is -0.783. The number of allylic oxidation sites excluding steroid dienone is 1. The molecule has 0 spiro atoms. The molecule has 0 N–H and O–H groups in total. The summed E-state index contributed by atoms with van der Waals surface area (Å²) < 4.78 is 0. The third-order valence-electron chi connectivity index (χ3n) is 21.8. The van der Waals surface area contributed by atoms with Crippen molar-refractivity contribution in [1.82, 2.24) is 14.7 Å². The zero-order valence-corrected chi connectivity index (χ0v) is 58.2. The summed E-state index contributed by atoms with van der Waals surface area (Å²) in [6.07, 6.45) is 15.1. The van der Waals surface area contributed by atoms with Gasteiger partial charge in [0.05, 0.1) is 34.0 Å². The van der Waals surface area contributed by atoms with E-state index < -0.39 is 11.0 Å². The van der Waals surface area contributed by atoms with E-state index in [-0.39, 0.29) is 121 Å². The van der Waals surface area contributed by atoms with E-state index in [4.69, 9.17) is 0 Å². The second-order valence-corrected chi connectivity index (χ2v) is 27.8. The quantitative estimate of drug-likeness (QED) is 0.0205. The number of rotatable bonds is 31. The molecule has 16 nitrogen and oxygen atoms in total. The lowest BCUT2D eigenvalue weighted by Gasteiger charge is -2.54. The number of unbranched alkanes of at least 4 members (excludes halogenated alkanes) is 2. The standard InChI is InChI=1S/C78H103BN8O8/c1-12-19-23-56-48-73(92)85(67(14-3)15-4)74(93)49-59(56)27-26-55-46-71(90)86(72(91)47-55)68-42-40-66(41-43-68)83-82-65-38-32-62(33-39-65)79-61-30-36-64(37-31-61)81-80-63-34-28-60(29-35-63)77(11,16-5)78(17-6,18-7)87-75(94)50-57(24-20-13-2)58(51-76(87)95)25-21-22-54-44-69(88)84(70(89)45-54)53(10)52(8)9/h28-43,54-59,67,79H,8,10,12-27,44-51H2,1-7,9,11H3/b81-80+,83-82+. The number of nitrogens with zero attached hydrogens (tertiary/aromatic N) is 8. The van der Waals surface area contributed by atoms with Crippen molar-refractivity contribution < 1.29 is 38.4 Å². The number of imide groups is 4. The molecule has 95 heavy (non-hydrogen) atoms. The van der Waals surface area contributed by atoms with Gasteiger partial charge in [-0.25, -0.2) is 0 Å². The summed E-state index contributed by atoms with van der Waals surface area (Å²) >= 11 is 0. The first kappa shape index (κ1) is 73.0. The molecular formula is C78H103BN8O8. The molecule has 4 aromatic rings. The van der Waals surface area contributed by atoms with E-state index in [9.17, 15) is 38.4 Å². The fourth-order valence-electron chi connectivity index (χ4n) is 15.9. The summed E-state index contributed by atoms with van der Waals surface area (Å²) in [6, 6.07) is 30.8. The SMILES string of the molecule is C=C(C)C(=C)N1C(=O)CC(CCCC2CC(=O)N(C(CC)(CC)C(C)(CC)c3ccc(/N=N/c4ccc(Bc5ccc(/N=N/c6ccc(N7C(=O)CC(CCC8CC(=O)N(C(CC)CC)C(=O)CC8CCCC)CC7=O)cc6)cc5)cc4)cc3)C(=O)CC2CCCC)CC1=O. The van der Waals surface area contributed by atoms with Gasteiger partial charge >= 0.3 is 0 Å². The van der Waals surface area contributed by atoms with Crippen molar-refractivity contribution in [3.63, 3.8) is 0 Å². The average Bonchev–Trinajstić information content (AvgIpc) is 1.63. The van der Waals surface area contributed by atoms with Crippen LogP contribution in [0.5, 0.6) is 0 Å². The van der Waals surface area contributed by atoms with Gasteiger partial charge in [-0.2, -0.15) is 20.5 Å². The number of azo groups is 2. The number of amides is 8. The molecule has 4 aliphatic rings. The molecule has 0 radical (unpaired) electrons. The van der Waals surface area contributed by atoms with Crippen molar-refractivity contribution in [2.45, 2.75) is 233 Å². The first-order chi connectivity index (χ1) is 45.6. The lowest BCUT2D eigenvalue weighted by Crippen LogP contribution is -2.64. The van der Waals surface area contributed by atoms with Crippen LogP contribution in [0.1, 0.15) is 222 Å². The predicted molar refractivity (Wildman–Crippen MR) is 378 cm³/mol. The molecule has 4 aromatic carbocycles. The van der Waals surface area contributed by atoms with Crippen LogP contribution in [-0.2, 0) is 43.8 Å². The molecule has 8 amide bonds. The van der Waals surface area contributed by atoms with E-state index in [1.54, 1.807) is 36.1 Å². The predicted octanol–water partition coefficient (Wildman–Crippen LogP) is 16.5. The van der Waals surface area contributed by atoms with Crippen molar-refractivity contribution in [3.8, 4) is 0 Å². The molecule has 4 fully saturated rings. The van der Waals surface area contributed by atoms with Crippen LogP contribution in [0.3, 0.4) is 0 Å². The summed E-state index contributed by atoms with van der Waals surface area (Å²) in [5.74, 6) is -1.25. The zero-order chi connectivity index (χ0) is 68.6. The molecule has 506 valence electrons. The molecule has 0 aromatic heterocycles. The van der Waals surface area contributed by atoms with Gasteiger partial charge in [0.1, 0.15) is 0 Å². The van der Waals surface area contributed by atoms with Crippen LogP contribution in [0.15, 0.2) is 142 Å². The van der Waals surface area contributed by atoms with Crippen LogP contribution in [0.4, 0.5) is 28.4 Å². The highest BCUT2D eigenvalue weighted by molar-refractivity contribution is 6.67. The van der Waals surface area contributed by atoms with Crippen LogP contribution in [0.25, 0.3) is 0 Å². The molecule has 4 saturated heterocycles. The van der Waals surface area contributed by atoms with Crippen LogP contribution in [0.2, 0.25) is 0 Å². The van der Waals surface area contributed by atoms with Gasteiger partial charge in [0.15, 0.2) is 7.28 Å². The highest BCUT2D eigenvalue weighted by atomic mass is 16.2. The molecule has 17 heteroatoms. The van der Waals surface area contributed by atoms with E-state index >= 15 is 0 Å². The van der Waals surface area contributed by atoms with Crippen molar-refractivity contribution >= 4 is 93.9 Å². The number of likely N-dealkylation sites (tertiary alicyclic amines) is 3. The van der Waals surface area contributed by atoms with Gasteiger partial charge in [0.25, 0.3) is 0 Å². The average molecular weight is 1290 g/mol. The van der Waals surface area contributed by atoms with E-state index in [0.29, 0.717) is 105 Å². The number of benzene rings is 4. The molecular weight excluding hydrogens is 1190 g/mol. The summed E-state index contributed by atoms with van der Waals surface area (Å²) in [5, 5.41) is 18.1. The van der Waals surface area contributed by atoms with Gasteiger partial charge < -0.3 is 0 Å². The number of hydrogen-bond acceptors (Lipinski definition) is 12. The van der Waals surface area contributed by atoms with Crippen LogP contribution >= 0.6 is 0 Å². The van der Waals surface area contributed by atoms with Gasteiger partial charge in [-0.1, -0.05) is 148 Å². The van der Waals surface area contributed by atoms with Gasteiger partial charge in [0, 0.05) is 68.5 Å². The molecule has 4 heterocycles. The van der Waals surface area contributed by atoms with Crippen molar-refractivity contribution in [2.24, 2.45) is 56.0 Å². The van der Waals surface area contributed by atoms with Crippen LogP contribution < -0.4 is 15.8 Å².